The molecule has 0 saturated heterocycles. The minimum absolute atomic E-state index is 0.0542. The number of non-ortho nitro benzene ring substituents is 1. The van der Waals surface area contributed by atoms with Gasteiger partial charge in [-0.05, 0) is 36.8 Å². The highest BCUT2D eigenvalue weighted by molar-refractivity contribution is 7.20. The van der Waals surface area contributed by atoms with Crippen LogP contribution < -0.4 is 10.1 Å². The lowest BCUT2D eigenvalue weighted by Crippen LogP contribution is -2.35. The van der Waals surface area contributed by atoms with Gasteiger partial charge in [0.25, 0.3) is 11.6 Å². The molecule has 2 aromatic carbocycles. The number of carbonyl (C=O) groups excluding carboxylic acids is 2. The molecule has 1 amide bonds. The van der Waals surface area contributed by atoms with Crippen molar-refractivity contribution in [2.45, 2.75) is 19.6 Å². The lowest BCUT2D eigenvalue weighted by Gasteiger charge is -2.13. The predicted octanol–water partition coefficient (Wildman–Crippen LogP) is 3.68. The molecule has 3 aromatic rings. The zero-order chi connectivity index (χ0) is 21.0. The molecule has 150 valence electrons. The Labute approximate surface area is 170 Å². The van der Waals surface area contributed by atoms with Gasteiger partial charge in [0.1, 0.15) is 10.6 Å². The minimum Gasteiger partial charge on any atom is -0.497 e. The first kappa shape index (κ1) is 20.3. The van der Waals surface area contributed by atoms with Crippen LogP contribution in [0.15, 0.2) is 48.5 Å². The Kier molecular flexibility index (Phi) is 6.08. The molecule has 0 saturated carbocycles. The number of esters is 1. The van der Waals surface area contributed by atoms with Crippen molar-refractivity contribution in [2.24, 2.45) is 0 Å². The Bertz CT molecular complexity index is 1060. The van der Waals surface area contributed by atoms with Crippen molar-refractivity contribution in [3.05, 3.63) is 69.1 Å². The van der Waals surface area contributed by atoms with Crippen LogP contribution in [-0.2, 0) is 16.1 Å². The van der Waals surface area contributed by atoms with Crippen LogP contribution in [0, 0.1) is 10.1 Å². The third-order valence-electron chi connectivity index (χ3n) is 4.19. The number of thiophene rings is 1. The fourth-order valence-corrected chi connectivity index (χ4v) is 3.52. The lowest BCUT2D eigenvalue weighted by atomic mass is 10.2. The van der Waals surface area contributed by atoms with Crippen LogP contribution in [0.5, 0.6) is 5.75 Å². The molecule has 0 unspecified atom stereocenters. The summed E-state index contributed by atoms with van der Waals surface area (Å²) >= 11 is 1.15. The van der Waals surface area contributed by atoms with Gasteiger partial charge >= 0.3 is 5.97 Å². The maximum atomic E-state index is 12.4. The number of benzene rings is 2. The lowest BCUT2D eigenvalue weighted by molar-refractivity contribution is -0.384. The van der Waals surface area contributed by atoms with Crippen molar-refractivity contribution in [1.82, 2.24) is 5.32 Å². The first-order valence-corrected chi connectivity index (χ1v) is 9.48. The van der Waals surface area contributed by atoms with E-state index in [9.17, 15) is 19.7 Å². The van der Waals surface area contributed by atoms with Gasteiger partial charge in [-0.25, -0.2) is 4.79 Å². The molecule has 0 bridgehead atoms. The van der Waals surface area contributed by atoms with Crippen molar-refractivity contribution >= 4 is 39.0 Å². The molecule has 9 heteroatoms. The number of nitrogens with one attached hydrogen (secondary N) is 1. The number of rotatable bonds is 7. The van der Waals surface area contributed by atoms with E-state index in [0.29, 0.717) is 5.39 Å². The third kappa shape index (κ3) is 4.88. The van der Waals surface area contributed by atoms with Gasteiger partial charge in [0.2, 0.25) is 0 Å². The summed E-state index contributed by atoms with van der Waals surface area (Å²) in [4.78, 5) is 35.2. The van der Waals surface area contributed by atoms with E-state index in [2.05, 4.69) is 5.32 Å². The third-order valence-corrected chi connectivity index (χ3v) is 5.29. The largest absolute Gasteiger partial charge is 0.497 e. The van der Waals surface area contributed by atoms with Crippen LogP contribution in [0.4, 0.5) is 5.69 Å². The van der Waals surface area contributed by atoms with Crippen molar-refractivity contribution in [3.8, 4) is 5.75 Å². The van der Waals surface area contributed by atoms with Crippen LogP contribution in [0.3, 0.4) is 0 Å². The minimum atomic E-state index is -0.986. The molecule has 1 aromatic heterocycles. The number of methoxy groups -OCH3 is 1. The summed E-state index contributed by atoms with van der Waals surface area (Å²) in [6, 6.07) is 13.1. The van der Waals surface area contributed by atoms with E-state index in [1.165, 1.54) is 25.1 Å². The number of ether oxygens (including phenoxy) is 2. The molecular weight excluding hydrogens is 396 g/mol. The van der Waals surface area contributed by atoms with E-state index in [-0.39, 0.29) is 17.1 Å². The smallest absolute Gasteiger partial charge is 0.349 e. The van der Waals surface area contributed by atoms with E-state index in [1.807, 2.05) is 12.1 Å². The molecular formula is C20H18N2O6S. The number of carbonyl (C=O) groups is 2. The van der Waals surface area contributed by atoms with Gasteiger partial charge in [0, 0.05) is 28.8 Å². The number of nitrogens with zero attached hydrogens (tertiary/aromatic N) is 1. The number of nitro groups is 1. The van der Waals surface area contributed by atoms with Crippen molar-refractivity contribution in [3.63, 3.8) is 0 Å². The average Bonchev–Trinajstić information content (AvgIpc) is 3.15. The number of fused-ring (bicyclic) bond motifs is 1. The Morgan fingerprint density at radius 3 is 2.55 bits per heavy atom. The maximum Gasteiger partial charge on any atom is 0.349 e. The van der Waals surface area contributed by atoms with Gasteiger partial charge in [-0.3, -0.25) is 14.9 Å². The summed E-state index contributed by atoms with van der Waals surface area (Å²) < 4.78 is 11.0. The van der Waals surface area contributed by atoms with Crippen LogP contribution >= 0.6 is 11.3 Å². The van der Waals surface area contributed by atoms with E-state index in [0.717, 1.165) is 27.3 Å². The number of amides is 1. The number of hydrogen-bond acceptors (Lipinski definition) is 7. The normalized spacial score (nSPS) is 11.7. The second-order valence-corrected chi connectivity index (χ2v) is 7.29. The zero-order valence-electron chi connectivity index (χ0n) is 15.7. The van der Waals surface area contributed by atoms with E-state index in [1.54, 1.807) is 25.3 Å². The highest BCUT2D eigenvalue weighted by atomic mass is 32.1. The molecule has 0 radical (unpaired) electrons. The summed E-state index contributed by atoms with van der Waals surface area (Å²) in [5.74, 6) is -0.358. The molecule has 3 rings (SSSR count). The molecule has 0 spiro atoms. The summed E-state index contributed by atoms with van der Waals surface area (Å²) in [6.07, 6.45) is -0.986. The van der Waals surface area contributed by atoms with Crippen LogP contribution in [0.2, 0.25) is 0 Å². The van der Waals surface area contributed by atoms with Crippen LogP contribution in [0.1, 0.15) is 22.2 Å². The zero-order valence-corrected chi connectivity index (χ0v) is 16.5. The van der Waals surface area contributed by atoms with Gasteiger partial charge in [-0.2, -0.15) is 0 Å². The highest BCUT2D eigenvalue weighted by Gasteiger charge is 2.21. The molecule has 1 heterocycles. The predicted molar refractivity (Wildman–Crippen MR) is 108 cm³/mol. The van der Waals surface area contributed by atoms with Crippen molar-refractivity contribution < 1.29 is 24.0 Å². The molecule has 29 heavy (non-hydrogen) atoms. The Morgan fingerprint density at radius 1 is 1.17 bits per heavy atom. The van der Waals surface area contributed by atoms with Gasteiger partial charge in [0.15, 0.2) is 6.10 Å². The second kappa shape index (κ2) is 8.70. The fraction of sp³-hybridized carbons (Fsp3) is 0.200. The molecule has 0 aliphatic heterocycles. The molecule has 0 aliphatic rings. The standard InChI is InChI=1S/C20H18N2O6S/c1-12(19(23)21-11-13-3-6-16(27-2)7-4-13)28-20(24)18-10-14-9-15(22(25)26)5-8-17(14)29-18/h3-10,12H,11H2,1-2H3,(H,21,23)/t12-/m1/s1. The summed E-state index contributed by atoms with van der Waals surface area (Å²) in [5.41, 5.74) is 0.824. The SMILES string of the molecule is COc1ccc(CNC(=O)[C@@H](C)OC(=O)c2cc3cc([N+](=O)[O-])ccc3s2)cc1. The van der Waals surface area contributed by atoms with Crippen molar-refractivity contribution in [1.29, 1.82) is 0 Å². The Hall–Kier alpha value is -3.46. The quantitative estimate of drug-likeness (QED) is 0.359. The highest BCUT2D eigenvalue weighted by Crippen LogP contribution is 2.29. The maximum absolute atomic E-state index is 12.4. The molecule has 1 N–H and O–H groups in total. The first-order valence-electron chi connectivity index (χ1n) is 8.67. The summed E-state index contributed by atoms with van der Waals surface area (Å²) in [7, 11) is 1.57. The fourth-order valence-electron chi connectivity index (χ4n) is 2.59. The summed E-state index contributed by atoms with van der Waals surface area (Å²) in [5, 5.41) is 14.2. The van der Waals surface area contributed by atoms with Gasteiger partial charge in [0.05, 0.1) is 12.0 Å². The van der Waals surface area contributed by atoms with Gasteiger partial charge < -0.3 is 14.8 Å². The first-order chi connectivity index (χ1) is 13.9. The molecule has 1 atom stereocenters. The van der Waals surface area contributed by atoms with Gasteiger partial charge in [-0.1, -0.05) is 12.1 Å². The monoisotopic (exact) mass is 414 g/mol. The number of nitro benzene ring substituents is 1. The topological polar surface area (TPSA) is 108 Å². The van der Waals surface area contributed by atoms with Crippen molar-refractivity contribution in [2.75, 3.05) is 7.11 Å². The van der Waals surface area contributed by atoms with E-state index < -0.39 is 22.9 Å². The van der Waals surface area contributed by atoms with Gasteiger partial charge in [-0.15, -0.1) is 11.3 Å². The summed E-state index contributed by atoms with van der Waals surface area (Å²) in [6.45, 7) is 1.77. The van der Waals surface area contributed by atoms with Crippen LogP contribution in [0.25, 0.3) is 10.1 Å². The Morgan fingerprint density at radius 2 is 1.90 bits per heavy atom. The molecule has 0 aliphatic carbocycles. The van der Waals surface area contributed by atoms with E-state index in [4.69, 9.17) is 9.47 Å². The Balaban J connectivity index is 1.59. The number of hydrogen-bond donors (Lipinski definition) is 1. The molecule has 0 fully saturated rings. The van der Waals surface area contributed by atoms with Crippen LogP contribution in [-0.4, -0.2) is 30.0 Å². The molecule has 8 nitrogen and oxygen atoms in total. The second-order valence-electron chi connectivity index (χ2n) is 6.20. The average molecular weight is 414 g/mol. The van der Waals surface area contributed by atoms with E-state index >= 15 is 0 Å².